The minimum absolute atomic E-state index is 0.131. The number of nitrogens with zero attached hydrogens (tertiary/aromatic N) is 2. The molecule has 3 N–H and O–H groups in total. The van der Waals surface area contributed by atoms with Crippen molar-refractivity contribution in [3.05, 3.63) is 34.1 Å². The van der Waals surface area contributed by atoms with Gasteiger partial charge in [0, 0.05) is 31.3 Å². The molecule has 1 aromatic heterocycles. The van der Waals surface area contributed by atoms with Crippen molar-refractivity contribution in [3.8, 4) is 11.5 Å². The fraction of sp³-hybridized carbons (Fsp3) is 0.455. The van der Waals surface area contributed by atoms with E-state index in [1.54, 1.807) is 18.2 Å². The zero-order valence-electron chi connectivity index (χ0n) is 17.8. The first kappa shape index (κ1) is 20.3. The quantitative estimate of drug-likeness (QED) is 0.666. The summed E-state index contributed by atoms with van der Waals surface area (Å²) in [7, 11) is 0. The molecule has 168 valence electrons. The van der Waals surface area contributed by atoms with Crippen LogP contribution in [0.2, 0.25) is 0 Å². The fourth-order valence-corrected chi connectivity index (χ4v) is 4.47. The van der Waals surface area contributed by atoms with Crippen LogP contribution in [-0.4, -0.2) is 48.1 Å². The normalized spacial score (nSPS) is 22.0. The number of carbonyl (C=O) groups excluding carboxylic acids is 2. The van der Waals surface area contributed by atoms with Gasteiger partial charge in [0.2, 0.25) is 17.8 Å². The topological polar surface area (TPSA) is 126 Å². The molecule has 0 saturated carbocycles. The van der Waals surface area contributed by atoms with E-state index in [1.165, 1.54) is 0 Å². The average Bonchev–Trinajstić information content (AvgIpc) is 2.78. The third kappa shape index (κ3) is 3.88. The second-order valence-electron chi connectivity index (χ2n) is 8.50. The molecule has 32 heavy (non-hydrogen) atoms. The fourth-order valence-electron chi connectivity index (χ4n) is 4.47. The molecule has 0 unspecified atom stereocenters. The number of aromatic amines is 1. The van der Waals surface area contributed by atoms with E-state index in [9.17, 15) is 14.4 Å². The molecule has 0 spiro atoms. The van der Waals surface area contributed by atoms with Gasteiger partial charge in [-0.25, -0.2) is 0 Å². The Balaban J connectivity index is 1.42. The van der Waals surface area contributed by atoms with Crippen LogP contribution in [0.15, 0.2) is 23.0 Å². The standard InChI is InChI=1S/C22H25N5O5/c1-12-3-2-6-27(11-12)22-25-19-18(21(30)26-22)14(10-17(28)24-19)20(29)23-13-4-5-15-16(9-13)32-8-7-31-15/h4-5,9,12,14H,2-3,6-8,10-11H2,1H3,(H,23,29)(H2,24,25,26,28,30)/t12-,14-/m0/s1. The van der Waals surface area contributed by atoms with Crippen LogP contribution in [0.3, 0.4) is 0 Å². The molecule has 0 bridgehead atoms. The van der Waals surface area contributed by atoms with Crippen molar-refractivity contribution in [2.45, 2.75) is 32.1 Å². The number of fused-ring (bicyclic) bond motifs is 2. The van der Waals surface area contributed by atoms with Gasteiger partial charge >= 0.3 is 0 Å². The molecule has 3 aliphatic heterocycles. The van der Waals surface area contributed by atoms with Crippen molar-refractivity contribution >= 4 is 29.3 Å². The Morgan fingerprint density at radius 2 is 2.03 bits per heavy atom. The van der Waals surface area contributed by atoms with Gasteiger partial charge in [0.25, 0.3) is 5.56 Å². The lowest BCUT2D eigenvalue weighted by atomic mass is 9.92. The number of nitrogens with one attached hydrogen (secondary N) is 3. The molecule has 10 nitrogen and oxygen atoms in total. The summed E-state index contributed by atoms with van der Waals surface area (Å²) >= 11 is 0. The molecule has 0 aliphatic carbocycles. The average molecular weight is 439 g/mol. The molecule has 0 radical (unpaired) electrons. The van der Waals surface area contributed by atoms with E-state index in [1.807, 2.05) is 4.90 Å². The highest BCUT2D eigenvalue weighted by Crippen LogP contribution is 2.34. The number of carbonyl (C=O) groups is 2. The molecule has 2 atom stereocenters. The number of piperidine rings is 1. The van der Waals surface area contributed by atoms with Gasteiger partial charge < -0.3 is 25.0 Å². The van der Waals surface area contributed by atoms with Crippen molar-refractivity contribution in [2.24, 2.45) is 5.92 Å². The summed E-state index contributed by atoms with van der Waals surface area (Å²) in [6.07, 6.45) is 2.01. The molecule has 5 rings (SSSR count). The van der Waals surface area contributed by atoms with E-state index in [0.717, 1.165) is 25.9 Å². The smallest absolute Gasteiger partial charge is 0.258 e. The van der Waals surface area contributed by atoms with Crippen molar-refractivity contribution in [1.82, 2.24) is 9.97 Å². The Labute approximate surface area is 184 Å². The third-order valence-corrected chi connectivity index (χ3v) is 6.02. The van der Waals surface area contributed by atoms with E-state index in [4.69, 9.17) is 9.47 Å². The first-order valence-corrected chi connectivity index (χ1v) is 10.9. The molecule has 3 aliphatic rings. The van der Waals surface area contributed by atoms with E-state index in [0.29, 0.717) is 42.3 Å². The van der Waals surface area contributed by atoms with E-state index < -0.39 is 17.4 Å². The van der Waals surface area contributed by atoms with Crippen LogP contribution < -0.4 is 30.6 Å². The minimum Gasteiger partial charge on any atom is -0.486 e. The predicted octanol–water partition coefficient (Wildman–Crippen LogP) is 1.84. The van der Waals surface area contributed by atoms with Gasteiger partial charge in [-0.15, -0.1) is 0 Å². The van der Waals surface area contributed by atoms with Crippen LogP contribution in [0.25, 0.3) is 0 Å². The van der Waals surface area contributed by atoms with E-state index in [2.05, 4.69) is 27.5 Å². The van der Waals surface area contributed by atoms with Gasteiger partial charge in [0.05, 0.1) is 11.5 Å². The molecule has 2 aromatic rings. The summed E-state index contributed by atoms with van der Waals surface area (Å²) < 4.78 is 11.0. The molecule has 2 amide bonds. The molecular formula is C22H25N5O5. The number of rotatable bonds is 3. The summed E-state index contributed by atoms with van der Waals surface area (Å²) in [6.45, 7) is 4.63. The van der Waals surface area contributed by atoms with Gasteiger partial charge in [0.1, 0.15) is 19.0 Å². The van der Waals surface area contributed by atoms with E-state index in [-0.39, 0.29) is 23.7 Å². The van der Waals surface area contributed by atoms with Crippen molar-refractivity contribution in [1.29, 1.82) is 0 Å². The number of ether oxygens (including phenoxy) is 2. The number of amides is 2. The Kier molecular flexibility index (Phi) is 5.20. The van der Waals surface area contributed by atoms with Gasteiger partial charge in [-0.1, -0.05) is 6.92 Å². The lowest BCUT2D eigenvalue weighted by Crippen LogP contribution is -2.40. The monoisotopic (exact) mass is 439 g/mol. The SMILES string of the molecule is C[C@H]1CCCN(c2nc3c(c(=O)[nH]2)[C@@H](C(=O)Nc2ccc4c(c2)OCCO4)CC(=O)N3)C1. The lowest BCUT2D eigenvalue weighted by Gasteiger charge is -2.32. The van der Waals surface area contributed by atoms with Gasteiger partial charge in [-0.3, -0.25) is 19.4 Å². The van der Waals surface area contributed by atoms with Crippen molar-refractivity contribution in [2.75, 3.05) is 41.8 Å². The summed E-state index contributed by atoms with van der Waals surface area (Å²) in [6, 6.07) is 5.07. The maximum absolute atomic E-state index is 13.1. The largest absolute Gasteiger partial charge is 0.486 e. The zero-order chi connectivity index (χ0) is 22.2. The van der Waals surface area contributed by atoms with Crippen molar-refractivity contribution in [3.63, 3.8) is 0 Å². The van der Waals surface area contributed by atoms with Gasteiger partial charge in [-0.2, -0.15) is 4.98 Å². The Bertz CT molecular complexity index is 1130. The summed E-state index contributed by atoms with van der Waals surface area (Å²) in [5, 5.41) is 5.46. The van der Waals surface area contributed by atoms with Gasteiger partial charge in [-0.05, 0) is 30.9 Å². The van der Waals surface area contributed by atoms with Crippen LogP contribution in [0.5, 0.6) is 11.5 Å². The molecular weight excluding hydrogens is 414 g/mol. The van der Waals surface area contributed by atoms with Gasteiger partial charge in [0.15, 0.2) is 11.5 Å². The minimum atomic E-state index is -0.947. The first-order chi connectivity index (χ1) is 15.5. The van der Waals surface area contributed by atoms with Crippen LogP contribution >= 0.6 is 0 Å². The maximum atomic E-state index is 13.1. The molecule has 1 fully saturated rings. The highest BCUT2D eigenvalue weighted by Gasteiger charge is 2.35. The second kappa shape index (κ2) is 8.18. The van der Waals surface area contributed by atoms with Crippen LogP contribution in [0.4, 0.5) is 17.5 Å². The number of H-pyrrole nitrogens is 1. The maximum Gasteiger partial charge on any atom is 0.258 e. The Morgan fingerprint density at radius 3 is 2.84 bits per heavy atom. The summed E-state index contributed by atoms with van der Waals surface area (Å²) in [5.74, 6) is 0.462. The molecule has 1 aromatic carbocycles. The lowest BCUT2D eigenvalue weighted by molar-refractivity contribution is -0.123. The Hall–Kier alpha value is -3.56. The highest BCUT2D eigenvalue weighted by molar-refractivity contribution is 6.04. The summed E-state index contributed by atoms with van der Waals surface area (Å²) in [4.78, 5) is 47.7. The third-order valence-electron chi connectivity index (χ3n) is 6.02. The highest BCUT2D eigenvalue weighted by atomic mass is 16.6. The van der Waals surface area contributed by atoms with Crippen LogP contribution in [-0.2, 0) is 9.59 Å². The predicted molar refractivity (Wildman–Crippen MR) is 118 cm³/mol. The first-order valence-electron chi connectivity index (χ1n) is 10.9. The van der Waals surface area contributed by atoms with Crippen molar-refractivity contribution < 1.29 is 19.1 Å². The van der Waals surface area contributed by atoms with Crippen LogP contribution in [0.1, 0.15) is 37.7 Å². The molecule has 10 heteroatoms. The molecule has 4 heterocycles. The number of anilines is 3. The number of hydrogen-bond donors (Lipinski definition) is 3. The second-order valence-corrected chi connectivity index (χ2v) is 8.50. The number of hydrogen-bond acceptors (Lipinski definition) is 7. The molecule has 1 saturated heterocycles. The number of benzene rings is 1. The zero-order valence-corrected chi connectivity index (χ0v) is 17.8. The van der Waals surface area contributed by atoms with Crippen LogP contribution in [0, 0.1) is 5.92 Å². The van der Waals surface area contributed by atoms with E-state index >= 15 is 0 Å². The Morgan fingerprint density at radius 1 is 1.22 bits per heavy atom. The summed E-state index contributed by atoms with van der Waals surface area (Å²) in [5.41, 5.74) is 0.258. The number of aromatic nitrogens is 2.